The zero-order valence-corrected chi connectivity index (χ0v) is 11.5. The van der Waals surface area contributed by atoms with E-state index in [1.54, 1.807) is 7.05 Å². The van der Waals surface area contributed by atoms with Gasteiger partial charge in [-0.2, -0.15) is 0 Å². The summed E-state index contributed by atoms with van der Waals surface area (Å²) in [5, 5.41) is 11.2. The molecule has 0 spiro atoms. The van der Waals surface area contributed by atoms with Gasteiger partial charge in [-0.15, -0.1) is 0 Å². The first-order chi connectivity index (χ1) is 9.59. The number of carbonyl (C=O) groups is 2. The van der Waals surface area contributed by atoms with Gasteiger partial charge in [0.1, 0.15) is 12.4 Å². The van der Waals surface area contributed by atoms with Crippen LogP contribution in [0.4, 0.5) is 4.79 Å². The van der Waals surface area contributed by atoms with Gasteiger partial charge in [-0.3, -0.25) is 4.79 Å². The molecule has 1 aromatic carbocycles. The summed E-state index contributed by atoms with van der Waals surface area (Å²) in [7, 11) is 1.63. The average molecular weight is 280 g/mol. The van der Waals surface area contributed by atoms with Crippen LogP contribution in [0.3, 0.4) is 0 Å². The molecule has 6 heteroatoms. The van der Waals surface area contributed by atoms with Crippen molar-refractivity contribution in [3.05, 3.63) is 30.3 Å². The van der Waals surface area contributed by atoms with E-state index in [2.05, 4.69) is 5.32 Å². The molecule has 0 unspecified atom stereocenters. The summed E-state index contributed by atoms with van der Waals surface area (Å²) >= 11 is 0. The van der Waals surface area contributed by atoms with Gasteiger partial charge >= 0.3 is 12.0 Å². The van der Waals surface area contributed by atoms with E-state index in [9.17, 15) is 9.59 Å². The fraction of sp³-hybridized carbons (Fsp3) is 0.429. The Balaban J connectivity index is 2.11. The number of hydrogen-bond donors (Lipinski definition) is 2. The second-order valence-electron chi connectivity index (χ2n) is 4.31. The Morgan fingerprint density at radius 2 is 2.00 bits per heavy atom. The highest BCUT2D eigenvalue weighted by Gasteiger charge is 2.08. The largest absolute Gasteiger partial charge is 0.492 e. The van der Waals surface area contributed by atoms with Crippen LogP contribution < -0.4 is 10.1 Å². The number of benzene rings is 1. The van der Waals surface area contributed by atoms with Crippen LogP contribution in [0.1, 0.15) is 12.8 Å². The lowest BCUT2D eigenvalue weighted by Gasteiger charge is -2.17. The van der Waals surface area contributed by atoms with Gasteiger partial charge in [-0.25, -0.2) is 4.79 Å². The summed E-state index contributed by atoms with van der Waals surface area (Å²) < 4.78 is 5.44. The van der Waals surface area contributed by atoms with Crippen molar-refractivity contribution in [3.63, 3.8) is 0 Å². The maximum absolute atomic E-state index is 11.6. The summed E-state index contributed by atoms with van der Waals surface area (Å²) in [5.74, 6) is -0.0911. The molecule has 0 fully saturated rings. The second kappa shape index (κ2) is 8.79. The number of nitrogens with one attached hydrogen (secondary N) is 1. The Morgan fingerprint density at radius 3 is 2.65 bits per heavy atom. The molecule has 1 rings (SSSR count). The van der Waals surface area contributed by atoms with E-state index >= 15 is 0 Å². The number of rotatable bonds is 8. The summed E-state index contributed by atoms with van der Waals surface area (Å²) in [6.45, 7) is 1.20. The van der Waals surface area contributed by atoms with Crippen LogP contribution in [0.25, 0.3) is 0 Å². The van der Waals surface area contributed by atoms with Crippen LogP contribution >= 0.6 is 0 Å². The van der Waals surface area contributed by atoms with E-state index in [-0.39, 0.29) is 12.5 Å². The molecule has 6 nitrogen and oxygen atoms in total. The van der Waals surface area contributed by atoms with Crippen molar-refractivity contribution in [3.8, 4) is 5.75 Å². The molecule has 0 radical (unpaired) electrons. The molecule has 20 heavy (non-hydrogen) atoms. The minimum absolute atomic E-state index is 0.0642. The van der Waals surface area contributed by atoms with Crippen molar-refractivity contribution in [2.45, 2.75) is 12.8 Å². The van der Waals surface area contributed by atoms with E-state index in [0.29, 0.717) is 26.1 Å². The molecule has 0 aliphatic rings. The predicted octanol–water partition coefficient (Wildman–Crippen LogP) is 1.57. The first-order valence-electron chi connectivity index (χ1n) is 6.48. The van der Waals surface area contributed by atoms with E-state index in [1.165, 1.54) is 4.90 Å². The van der Waals surface area contributed by atoms with Gasteiger partial charge in [0.2, 0.25) is 0 Å². The summed E-state index contributed by atoms with van der Waals surface area (Å²) in [4.78, 5) is 23.5. The lowest BCUT2D eigenvalue weighted by molar-refractivity contribution is -0.137. The van der Waals surface area contributed by atoms with Crippen molar-refractivity contribution in [2.24, 2.45) is 0 Å². The maximum Gasteiger partial charge on any atom is 0.317 e. The quantitative estimate of drug-likeness (QED) is 0.708. The molecule has 110 valence electrons. The van der Waals surface area contributed by atoms with Gasteiger partial charge in [-0.1, -0.05) is 18.2 Å². The molecule has 2 N–H and O–H groups in total. The molecule has 1 aromatic rings. The molecule has 0 aliphatic heterocycles. The third kappa shape index (κ3) is 6.63. The number of ether oxygens (including phenoxy) is 1. The summed E-state index contributed by atoms with van der Waals surface area (Å²) in [6.07, 6.45) is 0.508. The van der Waals surface area contributed by atoms with Gasteiger partial charge < -0.3 is 20.1 Å². The SMILES string of the molecule is CN(CCCC(=O)O)C(=O)NCCOc1ccccc1. The lowest BCUT2D eigenvalue weighted by Crippen LogP contribution is -2.39. The van der Waals surface area contributed by atoms with Gasteiger partial charge in [0.05, 0.1) is 6.54 Å². The highest BCUT2D eigenvalue weighted by Crippen LogP contribution is 2.07. The number of carboxylic acids is 1. The molecule has 0 heterocycles. The van der Waals surface area contributed by atoms with Crippen LogP contribution in [0.5, 0.6) is 5.75 Å². The highest BCUT2D eigenvalue weighted by atomic mass is 16.5. The fourth-order valence-electron chi connectivity index (χ4n) is 1.55. The Kier molecular flexibility index (Phi) is 6.95. The topological polar surface area (TPSA) is 78.9 Å². The minimum atomic E-state index is -0.852. The van der Waals surface area contributed by atoms with Crippen molar-refractivity contribution < 1.29 is 19.4 Å². The third-order valence-corrected chi connectivity index (χ3v) is 2.62. The zero-order valence-electron chi connectivity index (χ0n) is 11.5. The number of para-hydroxylation sites is 1. The van der Waals surface area contributed by atoms with Crippen LogP contribution in [0.15, 0.2) is 30.3 Å². The van der Waals surface area contributed by atoms with E-state index < -0.39 is 5.97 Å². The monoisotopic (exact) mass is 280 g/mol. The lowest BCUT2D eigenvalue weighted by atomic mass is 10.3. The Hall–Kier alpha value is -2.24. The molecule has 0 aromatic heterocycles. The van der Waals surface area contributed by atoms with Crippen LogP contribution in [0, 0.1) is 0 Å². The number of carbonyl (C=O) groups excluding carboxylic acids is 1. The molecule has 0 atom stereocenters. The molecule has 0 bridgehead atoms. The normalized spacial score (nSPS) is 9.85. The molecular weight excluding hydrogens is 260 g/mol. The van der Waals surface area contributed by atoms with E-state index in [1.807, 2.05) is 30.3 Å². The Labute approximate surface area is 118 Å². The number of amides is 2. The molecule has 0 aliphatic carbocycles. The van der Waals surface area contributed by atoms with Crippen molar-refractivity contribution in [1.82, 2.24) is 10.2 Å². The number of hydrogen-bond acceptors (Lipinski definition) is 3. The highest BCUT2D eigenvalue weighted by molar-refractivity contribution is 5.73. The molecule has 0 saturated carbocycles. The Morgan fingerprint density at radius 1 is 1.30 bits per heavy atom. The number of carboxylic acid groups (broad SMARTS) is 1. The van der Waals surface area contributed by atoms with E-state index in [4.69, 9.17) is 9.84 Å². The summed E-state index contributed by atoms with van der Waals surface area (Å²) in [6, 6.07) is 9.13. The van der Waals surface area contributed by atoms with Gasteiger partial charge in [0, 0.05) is 20.0 Å². The van der Waals surface area contributed by atoms with Crippen molar-refractivity contribution in [1.29, 1.82) is 0 Å². The second-order valence-corrected chi connectivity index (χ2v) is 4.31. The first kappa shape index (κ1) is 15.8. The minimum Gasteiger partial charge on any atom is -0.492 e. The number of aliphatic carboxylic acids is 1. The first-order valence-corrected chi connectivity index (χ1v) is 6.48. The summed E-state index contributed by atoms with van der Waals surface area (Å²) in [5.41, 5.74) is 0. The van der Waals surface area contributed by atoms with Crippen LogP contribution in [-0.2, 0) is 4.79 Å². The average Bonchev–Trinajstić information content (AvgIpc) is 2.44. The molecular formula is C14H20N2O4. The van der Waals surface area contributed by atoms with Gasteiger partial charge in [0.25, 0.3) is 0 Å². The third-order valence-electron chi connectivity index (χ3n) is 2.62. The predicted molar refractivity (Wildman–Crippen MR) is 74.8 cm³/mol. The Bertz CT molecular complexity index is 422. The van der Waals surface area contributed by atoms with E-state index in [0.717, 1.165) is 5.75 Å². The molecule has 2 amide bonds. The van der Waals surface area contributed by atoms with Crippen LogP contribution in [0.2, 0.25) is 0 Å². The number of urea groups is 1. The van der Waals surface area contributed by atoms with Crippen LogP contribution in [-0.4, -0.2) is 48.8 Å². The maximum atomic E-state index is 11.6. The standard InChI is InChI=1S/C14H20N2O4/c1-16(10-5-8-13(17)18)14(19)15-9-11-20-12-6-3-2-4-7-12/h2-4,6-7H,5,8-11H2,1H3,(H,15,19)(H,17,18). The van der Waals surface area contributed by atoms with Crippen molar-refractivity contribution in [2.75, 3.05) is 26.7 Å². The van der Waals surface area contributed by atoms with Gasteiger partial charge in [0.15, 0.2) is 0 Å². The zero-order chi connectivity index (χ0) is 14.8. The smallest absolute Gasteiger partial charge is 0.317 e. The van der Waals surface area contributed by atoms with Gasteiger partial charge in [-0.05, 0) is 18.6 Å². The molecule has 0 saturated heterocycles. The van der Waals surface area contributed by atoms with Crippen molar-refractivity contribution >= 4 is 12.0 Å². The fourth-order valence-corrected chi connectivity index (χ4v) is 1.55. The number of nitrogens with zero attached hydrogens (tertiary/aromatic N) is 1.